The van der Waals surface area contributed by atoms with Crippen molar-refractivity contribution in [2.24, 2.45) is 5.73 Å². The molecule has 1 aromatic rings. The fraction of sp³-hybridized carbons (Fsp3) is 0.500. The van der Waals surface area contributed by atoms with Crippen LogP contribution in [0.4, 0.5) is 0 Å². The minimum atomic E-state index is -0.224. The van der Waals surface area contributed by atoms with Crippen molar-refractivity contribution in [1.29, 1.82) is 0 Å². The SMILES string of the molecule is CONC(=O)c1ccc(CN2CCC(N)CC2)cc1. The smallest absolute Gasteiger partial charge is 0.274 e. The Morgan fingerprint density at radius 1 is 1.37 bits per heavy atom. The molecule has 1 aliphatic rings. The number of amides is 1. The second-order valence-electron chi connectivity index (χ2n) is 4.95. The van der Waals surface area contributed by atoms with Gasteiger partial charge in [-0.25, -0.2) is 5.48 Å². The maximum atomic E-state index is 11.5. The molecule has 1 saturated heterocycles. The van der Waals surface area contributed by atoms with E-state index in [1.165, 1.54) is 12.7 Å². The van der Waals surface area contributed by atoms with Crippen molar-refractivity contribution in [3.63, 3.8) is 0 Å². The molecule has 5 nitrogen and oxygen atoms in total. The Kier molecular flexibility index (Phi) is 4.90. The molecule has 1 aromatic carbocycles. The van der Waals surface area contributed by atoms with Crippen LogP contribution < -0.4 is 11.2 Å². The lowest BCUT2D eigenvalue weighted by Gasteiger charge is -2.30. The molecule has 1 amide bonds. The van der Waals surface area contributed by atoms with E-state index in [1.54, 1.807) is 0 Å². The molecule has 0 aromatic heterocycles. The van der Waals surface area contributed by atoms with E-state index in [-0.39, 0.29) is 5.91 Å². The lowest BCUT2D eigenvalue weighted by molar-refractivity contribution is 0.0537. The summed E-state index contributed by atoms with van der Waals surface area (Å²) in [6, 6.07) is 7.97. The summed E-state index contributed by atoms with van der Waals surface area (Å²) in [5, 5.41) is 0. The Morgan fingerprint density at radius 3 is 2.58 bits per heavy atom. The monoisotopic (exact) mass is 263 g/mol. The number of hydrogen-bond donors (Lipinski definition) is 2. The summed E-state index contributed by atoms with van der Waals surface area (Å²) in [6.45, 7) is 3.01. The quantitative estimate of drug-likeness (QED) is 0.792. The van der Waals surface area contributed by atoms with E-state index in [2.05, 4.69) is 15.2 Å². The van der Waals surface area contributed by atoms with Crippen molar-refractivity contribution in [3.8, 4) is 0 Å². The van der Waals surface area contributed by atoms with Crippen molar-refractivity contribution in [1.82, 2.24) is 10.4 Å². The number of nitrogens with two attached hydrogens (primary N) is 1. The summed E-state index contributed by atoms with van der Waals surface area (Å²) in [5.74, 6) is -0.224. The third-order valence-electron chi connectivity index (χ3n) is 3.45. The van der Waals surface area contributed by atoms with E-state index in [9.17, 15) is 4.79 Å². The van der Waals surface area contributed by atoms with Gasteiger partial charge in [0.25, 0.3) is 5.91 Å². The maximum absolute atomic E-state index is 11.5. The first kappa shape index (κ1) is 14.0. The van der Waals surface area contributed by atoms with Crippen molar-refractivity contribution in [2.75, 3.05) is 20.2 Å². The van der Waals surface area contributed by atoms with E-state index in [0.29, 0.717) is 11.6 Å². The summed E-state index contributed by atoms with van der Waals surface area (Å²) < 4.78 is 0. The van der Waals surface area contributed by atoms with Crippen LogP contribution in [-0.2, 0) is 11.4 Å². The fourth-order valence-corrected chi connectivity index (χ4v) is 2.28. The predicted octanol–water partition coefficient (Wildman–Crippen LogP) is 0.901. The van der Waals surface area contributed by atoms with Crippen molar-refractivity contribution < 1.29 is 9.63 Å². The third-order valence-corrected chi connectivity index (χ3v) is 3.45. The Bertz CT molecular complexity index is 411. The zero-order chi connectivity index (χ0) is 13.7. The van der Waals surface area contributed by atoms with Gasteiger partial charge in [0.1, 0.15) is 0 Å². The average molecular weight is 263 g/mol. The summed E-state index contributed by atoms with van der Waals surface area (Å²) in [4.78, 5) is 18.5. The van der Waals surface area contributed by atoms with Gasteiger partial charge in [-0.1, -0.05) is 12.1 Å². The van der Waals surface area contributed by atoms with Crippen LogP contribution in [0.2, 0.25) is 0 Å². The van der Waals surface area contributed by atoms with Gasteiger partial charge >= 0.3 is 0 Å². The van der Waals surface area contributed by atoms with Crippen LogP contribution in [0, 0.1) is 0 Å². The molecule has 0 aliphatic carbocycles. The fourth-order valence-electron chi connectivity index (χ4n) is 2.28. The maximum Gasteiger partial charge on any atom is 0.274 e. The lowest BCUT2D eigenvalue weighted by atomic mass is 10.0. The van der Waals surface area contributed by atoms with Crippen molar-refractivity contribution in [3.05, 3.63) is 35.4 Å². The Hall–Kier alpha value is -1.43. The molecule has 0 bridgehead atoms. The minimum Gasteiger partial charge on any atom is -0.328 e. The van der Waals surface area contributed by atoms with Gasteiger partial charge in [-0.2, -0.15) is 0 Å². The van der Waals surface area contributed by atoms with Crippen LogP contribution in [0.15, 0.2) is 24.3 Å². The van der Waals surface area contributed by atoms with E-state index in [0.717, 1.165) is 32.5 Å². The molecule has 0 radical (unpaired) electrons. The molecule has 104 valence electrons. The molecule has 5 heteroatoms. The van der Waals surface area contributed by atoms with Crippen LogP contribution in [0.1, 0.15) is 28.8 Å². The highest BCUT2D eigenvalue weighted by atomic mass is 16.6. The summed E-state index contributed by atoms with van der Waals surface area (Å²) in [5.41, 5.74) is 10.0. The first-order valence-corrected chi connectivity index (χ1v) is 6.59. The first-order valence-electron chi connectivity index (χ1n) is 6.59. The van der Waals surface area contributed by atoms with Crippen molar-refractivity contribution >= 4 is 5.91 Å². The van der Waals surface area contributed by atoms with Crippen molar-refractivity contribution in [2.45, 2.75) is 25.4 Å². The van der Waals surface area contributed by atoms with Crippen LogP contribution >= 0.6 is 0 Å². The normalized spacial score (nSPS) is 17.4. The number of carbonyl (C=O) groups is 1. The van der Waals surface area contributed by atoms with Gasteiger partial charge in [0, 0.05) is 18.2 Å². The van der Waals surface area contributed by atoms with Crippen LogP contribution in [0.25, 0.3) is 0 Å². The zero-order valence-corrected chi connectivity index (χ0v) is 11.3. The molecule has 0 atom stereocenters. The number of likely N-dealkylation sites (tertiary alicyclic amines) is 1. The van der Waals surface area contributed by atoms with Gasteiger partial charge in [0.05, 0.1) is 7.11 Å². The molecular weight excluding hydrogens is 242 g/mol. The number of nitrogens with zero attached hydrogens (tertiary/aromatic N) is 1. The highest BCUT2D eigenvalue weighted by molar-refractivity contribution is 5.93. The van der Waals surface area contributed by atoms with E-state index < -0.39 is 0 Å². The number of carbonyl (C=O) groups excluding carboxylic acids is 1. The van der Waals surface area contributed by atoms with Gasteiger partial charge in [-0.3, -0.25) is 14.5 Å². The topological polar surface area (TPSA) is 67.6 Å². The second kappa shape index (κ2) is 6.65. The highest BCUT2D eigenvalue weighted by Crippen LogP contribution is 2.13. The number of rotatable bonds is 4. The van der Waals surface area contributed by atoms with Gasteiger partial charge in [-0.15, -0.1) is 0 Å². The largest absolute Gasteiger partial charge is 0.328 e. The number of nitrogens with one attached hydrogen (secondary N) is 1. The number of hydrogen-bond acceptors (Lipinski definition) is 4. The number of hydroxylamine groups is 1. The standard InChI is InChI=1S/C14H21N3O2/c1-19-16-14(18)12-4-2-11(3-5-12)10-17-8-6-13(15)7-9-17/h2-5,13H,6-10,15H2,1H3,(H,16,18). The Labute approximate surface area is 113 Å². The molecule has 19 heavy (non-hydrogen) atoms. The van der Waals surface area contributed by atoms with E-state index in [4.69, 9.17) is 5.73 Å². The second-order valence-corrected chi connectivity index (χ2v) is 4.95. The average Bonchev–Trinajstić information content (AvgIpc) is 2.42. The molecule has 0 spiro atoms. The highest BCUT2D eigenvalue weighted by Gasteiger charge is 2.16. The van der Waals surface area contributed by atoms with Gasteiger partial charge in [0.2, 0.25) is 0 Å². The molecule has 1 heterocycles. The summed E-state index contributed by atoms with van der Waals surface area (Å²) in [7, 11) is 1.42. The number of piperidine rings is 1. The van der Waals surface area contributed by atoms with Crippen LogP contribution in [0.3, 0.4) is 0 Å². The molecule has 0 saturated carbocycles. The Morgan fingerprint density at radius 2 is 2.00 bits per heavy atom. The molecule has 0 unspecified atom stereocenters. The van der Waals surface area contributed by atoms with Crippen LogP contribution in [-0.4, -0.2) is 37.0 Å². The number of benzene rings is 1. The van der Waals surface area contributed by atoms with E-state index in [1.807, 2.05) is 24.3 Å². The minimum absolute atomic E-state index is 0.224. The van der Waals surface area contributed by atoms with E-state index >= 15 is 0 Å². The molecule has 1 fully saturated rings. The van der Waals surface area contributed by atoms with Gasteiger partial charge in [0.15, 0.2) is 0 Å². The third kappa shape index (κ3) is 4.02. The molecule has 3 N–H and O–H groups in total. The summed E-state index contributed by atoms with van der Waals surface area (Å²) in [6.07, 6.45) is 2.13. The zero-order valence-electron chi connectivity index (χ0n) is 11.3. The lowest BCUT2D eigenvalue weighted by Crippen LogP contribution is -2.39. The predicted molar refractivity (Wildman–Crippen MR) is 73.4 cm³/mol. The molecular formula is C14H21N3O2. The van der Waals surface area contributed by atoms with Gasteiger partial charge in [-0.05, 0) is 43.6 Å². The molecule has 2 rings (SSSR count). The summed E-state index contributed by atoms with van der Waals surface area (Å²) >= 11 is 0. The Balaban J connectivity index is 1.90. The first-order chi connectivity index (χ1) is 9.19. The van der Waals surface area contributed by atoms with Gasteiger partial charge < -0.3 is 5.73 Å². The van der Waals surface area contributed by atoms with Crippen LogP contribution in [0.5, 0.6) is 0 Å². The molecule has 1 aliphatic heterocycles.